The average Bonchev–Trinajstić information content (AvgIpc) is 3.21. The molecule has 1 fully saturated rings. The van der Waals surface area contributed by atoms with Crippen molar-refractivity contribution >= 4 is 21.4 Å². The normalized spacial score (nSPS) is 21.2. The number of ether oxygens (including phenoxy) is 1. The Morgan fingerprint density at radius 1 is 1.44 bits per heavy atom. The van der Waals surface area contributed by atoms with Crippen molar-refractivity contribution in [1.82, 2.24) is 24.4 Å². The minimum Gasteiger partial charge on any atom is -0.367 e. The van der Waals surface area contributed by atoms with Gasteiger partial charge in [0.2, 0.25) is 10.1 Å². The van der Waals surface area contributed by atoms with E-state index in [-0.39, 0.29) is 5.56 Å². The SMILES string of the molecule is CCc1cc(=O)n2nc(N3CCOC(C)(c4cnn(C)c4)C3)sc2n1. The van der Waals surface area contributed by atoms with Crippen LogP contribution in [0.3, 0.4) is 0 Å². The van der Waals surface area contributed by atoms with Gasteiger partial charge in [0.05, 0.1) is 19.3 Å². The molecule has 1 aliphatic heterocycles. The summed E-state index contributed by atoms with van der Waals surface area (Å²) in [6.07, 6.45) is 4.54. The maximum Gasteiger partial charge on any atom is 0.275 e. The van der Waals surface area contributed by atoms with E-state index in [1.54, 1.807) is 10.7 Å². The Hall–Kier alpha value is -2.26. The first-order chi connectivity index (χ1) is 12.0. The van der Waals surface area contributed by atoms with Gasteiger partial charge >= 0.3 is 0 Å². The lowest BCUT2D eigenvalue weighted by Crippen LogP contribution is -2.48. The van der Waals surface area contributed by atoms with Gasteiger partial charge in [-0.3, -0.25) is 9.48 Å². The van der Waals surface area contributed by atoms with Crippen LogP contribution in [0.2, 0.25) is 0 Å². The molecule has 0 aromatic carbocycles. The Balaban J connectivity index is 1.68. The van der Waals surface area contributed by atoms with Crippen LogP contribution in [-0.2, 0) is 23.8 Å². The van der Waals surface area contributed by atoms with E-state index in [9.17, 15) is 4.79 Å². The molecule has 1 saturated heterocycles. The lowest BCUT2D eigenvalue weighted by Gasteiger charge is -2.39. The van der Waals surface area contributed by atoms with Gasteiger partial charge in [-0.15, -0.1) is 5.10 Å². The summed E-state index contributed by atoms with van der Waals surface area (Å²) in [6.45, 7) is 6.01. The fraction of sp³-hybridized carbons (Fsp3) is 0.500. The Labute approximate surface area is 148 Å². The Morgan fingerprint density at radius 2 is 2.28 bits per heavy atom. The summed E-state index contributed by atoms with van der Waals surface area (Å²) in [4.78, 5) is 19.5. The summed E-state index contributed by atoms with van der Waals surface area (Å²) in [5.74, 6) is 0. The molecule has 1 aliphatic rings. The van der Waals surface area contributed by atoms with Crippen LogP contribution in [-0.4, -0.2) is 44.1 Å². The van der Waals surface area contributed by atoms with Crippen molar-refractivity contribution < 1.29 is 4.74 Å². The standard InChI is InChI=1S/C16H20N6O2S/c1-4-12-7-13(23)22-14(18-12)25-15(19-22)21-5-6-24-16(2,10-21)11-8-17-20(3)9-11/h7-9H,4-6,10H2,1-3H3. The highest BCUT2D eigenvalue weighted by Gasteiger charge is 2.36. The molecule has 0 radical (unpaired) electrons. The molecule has 3 aromatic heterocycles. The second-order valence-electron chi connectivity index (χ2n) is 6.42. The third-order valence-electron chi connectivity index (χ3n) is 4.51. The summed E-state index contributed by atoms with van der Waals surface area (Å²) in [5.41, 5.74) is 1.23. The molecule has 0 aliphatic carbocycles. The number of fused-ring (bicyclic) bond motifs is 1. The average molecular weight is 360 g/mol. The highest BCUT2D eigenvalue weighted by Crippen LogP contribution is 2.32. The molecule has 25 heavy (non-hydrogen) atoms. The number of hydrogen-bond acceptors (Lipinski definition) is 7. The molecule has 3 aromatic rings. The van der Waals surface area contributed by atoms with Gasteiger partial charge in [0.25, 0.3) is 5.56 Å². The topological polar surface area (TPSA) is 77.5 Å². The van der Waals surface area contributed by atoms with Gasteiger partial charge in [-0.05, 0) is 13.3 Å². The number of rotatable bonds is 3. The number of morpholine rings is 1. The van der Waals surface area contributed by atoms with E-state index in [0.717, 1.165) is 29.4 Å². The van der Waals surface area contributed by atoms with Gasteiger partial charge < -0.3 is 9.64 Å². The van der Waals surface area contributed by atoms with E-state index in [1.165, 1.54) is 15.9 Å². The van der Waals surface area contributed by atoms with E-state index in [0.29, 0.717) is 18.1 Å². The third-order valence-corrected chi connectivity index (χ3v) is 5.48. The highest BCUT2D eigenvalue weighted by atomic mass is 32.1. The van der Waals surface area contributed by atoms with Gasteiger partial charge in [-0.25, -0.2) is 4.98 Å². The summed E-state index contributed by atoms with van der Waals surface area (Å²) < 4.78 is 9.21. The highest BCUT2D eigenvalue weighted by molar-refractivity contribution is 7.20. The summed E-state index contributed by atoms with van der Waals surface area (Å²) >= 11 is 1.44. The van der Waals surface area contributed by atoms with Crippen LogP contribution in [0.5, 0.6) is 0 Å². The minimum absolute atomic E-state index is 0.132. The second kappa shape index (κ2) is 5.92. The number of anilines is 1. The van der Waals surface area contributed by atoms with Crippen molar-refractivity contribution in [3.05, 3.63) is 40.1 Å². The van der Waals surface area contributed by atoms with Gasteiger partial charge in [0, 0.05) is 37.1 Å². The summed E-state index contributed by atoms with van der Waals surface area (Å²) in [5, 5.41) is 9.52. The number of nitrogens with zero attached hydrogens (tertiary/aromatic N) is 6. The largest absolute Gasteiger partial charge is 0.367 e. The molecule has 132 valence electrons. The van der Waals surface area contributed by atoms with Crippen molar-refractivity contribution in [3.8, 4) is 0 Å². The third kappa shape index (κ3) is 2.83. The minimum atomic E-state index is -0.461. The Bertz CT molecular complexity index is 977. The fourth-order valence-corrected chi connectivity index (χ4v) is 4.01. The number of aromatic nitrogens is 5. The predicted octanol–water partition coefficient (Wildman–Crippen LogP) is 1.20. The summed E-state index contributed by atoms with van der Waals surface area (Å²) in [7, 11) is 1.89. The number of hydrogen-bond donors (Lipinski definition) is 0. The van der Waals surface area contributed by atoms with Crippen molar-refractivity contribution in [2.24, 2.45) is 7.05 Å². The lowest BCUT2D eigenvalue weighted by atomic mass is 9.97. The molecule has 4 rings (SSSR count). The quantitative estimate of drug-likeness (QED) is 0.698. The van der Waals surface area contributed by atoms with Crippen LogP contribution in [0.4, 0.5) is 5.13 Å². The zero-order valence-electron chi connectivity index (χ0n) is 14.5. The molecule has 1 unspecified atom stereocenters. The van der Waals surface area contributed by atoms with Crippen LogP contribution < -0.4 is 10.5 Å². The molecule has 4 heterocycles. The molecule has 1 atom stereocenters. The lowest BCUT2D eigenvalue weighted by molar-refractivity contribution is -0.0466. The van der Waals surface area contributed by atoms with Gasteiger partial charge in [0.1, 0.15) is 5.60 Å². The zero-order valence-corrected chi connectivity index (χ0v) is 15.3. The van der Waals surface area contributed by atoms with Crippen LogP contribution in [0.25, 0.3) is 4.96 Å². The second-order valence-corrected chi connectivity index (χ2v) is 7.36. The molecule has 0 saturated carbocycles. The monoisotopic (exact) mass is 360 g/mol. The Kier molecular flexibility index (Phi) is 3.84. The number of aryl methyl sites for hydroxylation is 2. The van der Waals surface area contributed by atoms with E-state index in [2.05, 4.69) is 27.0 Å². The van der Waals surface area contributed by atoms with Gasteiger partial charge in [0.15, 0.2) is 0 Å². The van der Waals surface area contributed by atoms with Gasteiger partial charge in [-0.1, -0.05) is 18.3 Å². The smallest absolute Gasteiger partial charge is 0.275 e. The maximum atomic E-state index is 12.2. The molecule has 0 spiro atoms. The van der Waals surface area contributed by atoms with E-state index in [4.69, 9.17) is 4.74 Å². The van der Waals surface area contributed by atoms with Crippen molar-refractivity contribution in [2.75, 3.05) is 24.6 Å². The fourth-order valence-electron chi connectivity index (χ4n) is 3.06. The zero-order chi connectivity index (χ0) is 17.6. The van der Waals surface area contributed by atoms with E-state index >= 15 is 0 Å². The predicted molar refractivity (Wildman–Crippen MR) is 95.2 cm³/mol. The molecular weight excluding hydrogens is 340 g/mol. The molecule has 9 heteroatoms. The first-order valence-corrected chi connectivity index (χ1v) is 9.08. The molecule has 8 nitrogen and oxygen atoms in total. The first-order valence-electron chi connectivity index (χ1n) is 8.26. The van der Waals surface area contributed by atoms with Crippen LogP contribution >= 0.6 is 11.3 Å². The molecule has 0 bridgehead atoms. The van der Waals surface area contributed by atoms with Crippen molar-refractivity contribution in [2.45, 2.75) is 25.9 Å². The van der Waals surface area contributed by atoms with Crippen LogP contribution in [0, 0.1) is 0 Å². The molecular formula is C16H20N6O2S. The van der Waals surface area contributed by atoms with Crippen LogP contribution in [0.15, 0.2) is 23.3 Å². The Morgan fingerprint density at radius 3 is 3.00 bits per heavy atom. The molecule has 0 N–H and O–H groups in total. The van der Waals surface area contributed by atoms with Gasteiger partial charge in [-0.2, -0.15) is 9.61 Å². The molecule has 0 amide bonds. The maximum absolute atomic E-state index is 12.2. The first kappa shape index (κ1) is 16.2. The van der Waals surface area contributed by atoms with E-state index < -0.39 is 5.60 Å². The summed E-state index contributed by atoms with van der Waals surface area (Å²) in [6, 6.07) is 1.55. The van der Waals surface area contributed by atoms with Crippen molar-refractivity contribution in [3.63, 3.8) is 0 Å². The van der Waals surface area contributed by atoms with E-state index in [1.807, 2.05) is 26.4 Å². The van der Waals surface area contributed by atoms with Crippen LogP contribution in [0.1, 0.15) is 25.1 Å². The van der Waals surface area contributed by atoms with Crippen molar-refractivity contribution in [1.29, 1.82) is 0 Å².